The van der Waals surface area contributed by atoms with Crippen LogP contribution in [-0.4, -0.2) is 21.2 Å². The van der Waals surface area contributed by atoms with Gasteiger partial charge in [0.1, 0.15) is 5.69 Å². The molecule has 0 radical (unpaired) electrons. The zero-order valence-electron chi connectivity index (χ0n) is 14.8. The average Bonchev–Trinajstić information content (AvgIpc) is 3.25. The van der Waals surface area contributed by atoms with Crippen LogP contribution < -0.4 is 5.56 Å². The standard InChI is InChI=1S/C22H19N3OS/c26-22-19-9-4-3-8-18(19)21(20-10-5-13-27-20)23-25(22)15-24-12-11-16-6-1-2-7-17(16)14-24/h1-10,13H,11-12,14-15H2. The van der Waals surface area contributed by atoms with Crippen molar-refractivity contribution in [3.63, 3.8) is 0 Å². The molecule has 0 atom stereocenters. The van der Waals surface area contributed by atoms with E-state index >= 15 is 0 Å². The summed E-state index contributed by atoms with van der Waals surface area (Å²) in [5, 5.41) is 8.46. The fourth-order valence-electron chi connectivity index (χ4n) is 3.79. The first-order chi connectivity index (χ1) is 13.3. The molecule has 0 saturated heterocycles. The largest absolute Gasteiger partial charge is 0.280 e. The third kappa shape index (κ3) is 2.99. The van der Waals surface area contributed by atoms with Crippen LogP contribution in [0.4, 0.5) is 0 Å². The fourth-order valence-corrected chi connectivity index (χ4v) is 4.51. The number of fused-ring (bicyclic) bond motifs is 2. The Hall–Kier alpha value is -2.76. The lowest BCUT2D eigenvalue weighted by Gasteiger charge is -2.28. The van der Waals surface area contributed by atoms with Crippen molar-refractivity contribution in [1.29, 1.82) is 0 Å². The quantitative estimate of drug-likeness (QED) is 0.542. The Morgan fingerprint density at radius 2 is 1.70 bits per heavy atom. The van der Waals surface area contributed by atoms with E-state index in [1.54, 1.807) is 16.0 Å². The minimum absolute atomic E-state index is 0.0234. The summed E-state index contributed by atoms with van der Waals surface area (Å²) in [7, 11) is 0. The molecule has 4 aromatic rings. The van der Waals surface area contributed by atoms with Crippen molar-refractivity contribution in [2.24, 2.45) is 0 Å². The molecule has 2 aromatic carbocycles. The van der Waals surface area contributed by atoms with E-state index in [0.717, 1.165) is 40.9 Å². The van der Waals surface area contributed by atoms with Crippen LogP contribution in [-0.2, 0) is 19.6 Å². The second kappa shape index (κ2) is 6.76. The molecule has 0 spiro atoms. The molecule has 3 heterocycles. The predicted molar refractivity (Wildman–Crippen MR) is 110 cm³/mol. The highest BCUT2D eigenvalue weighted by Gasteiger charge is 2.18. The van der Waals surface area contributed by atoms with E-state index in [9.17, 15) is 4.79 Å². The maximum Gasteiger partial charge on any atom is 0.275 e. The summed E-state index contributed by atoms with van der Waals surface area (Å²) < 4.78 is 1.63. The highest BCUT2D eigenvalue weighted by Crippen LogP contribution is 2.28. The zero-order valence-corrected chi connectivity index (χ0v) is 15.7. The van der Waals surface area contributed by atoms with Crippen LogP contribution in [0.25, 0.3) is 21.3 Å². The molecule has 5 heteroatoms. The van der Waals surface area contributed by atoms with Gasteiger partial charge in [-0.25, -0.2) is 4.68 Å². The van der Waals surface area contributed by atoms with E-state index < -0.39 is 0 Å². The second-order valence-corrected chi connectivity index (χ2v) is 7.84. The van der Waals surface area contributed by atoms with E-state index in [0.29, 0.717) is 6.67 Å². The normalized spacial score (nSPS) is 14.4. The van der Waals surface area contributed by atoms with Gasteiger partial charge in [0.2, 0.25) is 0 Å². The van der Waals surface area contributed by atoms with E-state index in [4.69, 9.17) is 5.10 Å². The Labute approximate surface area is 161 Å². The molecule has 0 unspecified atom stereocenters. The van der Waals surface area contributed by atoms with Gasteiger partial charge in [0.15, 0.2) is 0 Å². The van der Waals surface area contributed by atoms with Gasteiger partial charge in [0.25, 0.3) is 5.56 Å². The summed E-state index contributed by atoms with van der Waals surface area (Å²) in [5.41, 5.74) is 3.62. The molecule has 0 saturated carbocycles. The number of rotatable bonds is 3. The summed E-state index contributed by atoms with van der Waals surface area (Å²) in [6.45, 7) is 2.30. The number of hydrogen-bond donors (Lipinski definition) is 0. The topological polar surface area (TPSA) is 38.1 Å². The van der Waals surface area contributed by atoms with Crippen LogP contribution in [0.15, 0.2) is 70.8 Å². The molecule has 0 aliphatic carbocycles. The van der Waals surface area contributed by atoms with Crippen molar-refractivity contribution in [2.45, 2.75) is 19.6 Å². The highest BCUT2D eigenvalue weighted by atomic mass is 32.1. The van der Waals surface area contributed by atoms with E-state index in [-0.39, 0.29) is 5.56 Å². The zero-order chi connectivity index (χ0) is 18.2. The van der Waals surface area contributed by atoms with Crippen LogP contribution >= 0.6 is 11.3 Å². The van der Waals surface area contributed by atoms with E-state index in [1.807, 2.05) is 35.7 Å². The second-order valence-electron chi connectivity index (χ2n) is 6.89. The number of thiophene rings is 1. The smallest absolute Gasteiger partial charge is 0.275 e. The molecule has 1 aliphatic rings. The third-order valence-corrected chi connectivity index (χ3v) is 6.04. The molecule has 4 nitrogen and oxygen atoms in total. The van der Waals surface area contributed by atoms with Crippen LogP contribution in [0.3, 0.4) is 0 Å². The molecule has 0 amide bonds. The Balaban J connectivity index is 1.56. The molecular formula is C22H19N3OS. The summed E-state index contributed by atoms with van der Waals surface area (Å²) >= 11 is 1.65. The summed E-state index contributed by atoms with van der Waals surface area (Å²) in [6, 6.07) is 20.4. The van der Waals surface area contributed by atoms with Gasteiger partial charge in [-0.3, -0.25) is 9.69 Å². The van der Waals surface area contributed by atoms with Gasteiger partial charge in [0.05, 0.1) is 16.9 Å². The molecular weight excluding hydrogens is 354 g/mol. The first-order valence-electron chi connectivity index (χ1n) is 9.12. The van der Waals surface area contributed by atoms with Crippen molar-refractivity contribution in [1.82, 2.24) is 14.7 Å². The Morgan fingerprint density at radius 1 is 0.926 bits per heavy atom. The summed E-state index contributed by atoms with van der Waals surface area (Å²) in [6.07, 6.45) is 1.01. The van der Waals surface area contributed by atoms with Gasteiger partial charge >= 0.3 is 0 Å². The Bertz CT molecular complexity index is 1160. The lowest BCUT2D eigenvalue weighted by atomic mass is 10.0. The number of nitrogens with zero attached hydrogens (tertiary/aromatic N) is 3. The molecule has 27 heavy (non-hydrogen) atoms. The third-order valence-electron chi connectivity index (χ3n) is 5.17. The summed E-state index contributed by atoms with van der Waals surface area (Å²) in [4.78, 5) is 16.4. The first kappa shape index (κ1) is 16.4. The number of hydrogen-bond acceptors (Lipinski definition) is 4. The van der Waals surface area contributed by atoms with Crippen LogP contribution in [0.1, 0.15) is 11.1 Å². The molecule has 0 bridgehead atoms. The molecule has 1 aliphatic heterocycles. The van der Waals surface area contributed by atoms with E-state index in [1.165, 1.54) is 11.1 Å². The maximum absolute atomic E-state index is 13.0. The number of benzene rings is 2. The minimum Gasteiger partial charge on any atom is -0.280 e. The van der Waals surface area contributed by atoms with Crippen molar-refractivity contribution in [3.8, 4) is 10.6 Å². The molecule has 2 aromatic heterocycles. The Kier molecular flexibility index (Phi) is 4.11. The molecule has 134 valence electrons. The predicted octanol–water partition coefficient (Wildman–Crippen LogP) is 4.14. The lowest BCUT2D eigenvalue weighted by molar-refractivity contribution is 0.186. The van der Waals surface area contributed by atoms with E-state index in [2.05, 4.69) is 35.2 Å². The van der Waals surface area contributed by atoms with Gasteiger partial charge in [-0.15, -0.1) is 11.3 Å². The van der Waals surface area contributed by atoms with Crippen LogP contribution in [0, 0.1) is 0 Å². The molecule has 0 N–H and O–H groups in total. The lowest BCUT2D eigenvalue weighted by Crippen LogP contribution is -2.37. The van der Waals surface area contributed by atoms with Gasteiger partial charge in [-0.2, -0.15) is 5.10 Å². The van der Waals surface area contributed by atoms with Gasteiger partial charge in [-0.1, -0.05) is 48.5 Å². The maximum atomic E-state index is 13.0. The highest BCUT2D eigenvalue weighted by molar-refractivity contribution is 7.13. The van der Waals surface area contributed by atoms with Crippen LogP contribution in [0.2, 0.25) is 0 Å². The fraction of sp³-hybridized carbons (Fsp3) is 0.182. The molecule has 0 fully saturated rings. The van der Waals surface area contributed by atoms with Crippen LogP contribution in [0.5, 0.6) is 0 Å². The monoisotopic (exact) mass is 373 g/mol. The first-order valence-corrected chi connectivity index (χ1v) is 10.0. The van der Waals surface area contributed by atoms with Gasteiger partial charge in [0, 0.05) is 18.5 Å². The van der Waals surface area contributed by atoms with Crippen molar-refractivity contribution < 1.29 is 0 Å². The van der Waals surface area contributed by atoms with Crippen molar-refractivity contribution >= 4 is 22.1 Å². The van der Waals surface area contributed by atoms with Crippen molar-refractivity contribution in [3.05, 3.63) is 87.5 Å². The minimum atomic E-state index is -0.0234. The van der Waals surface area contributed by atoms with Gasteiger partial charge in [-0.05, 0) is 35.1 Å². The Morgan fingerprint density at radius 3 is 2.52 bits per heavy atom. The molecule has 5 rings (SSSR count). The summed E-state index contributed by atoms with van der Waals surface area (Å²) in [5.74, 6) is 0. The van der Waals surface area contributed by atoms with Crippen molar-refractivity contribution in [2.75, 3.05) is 6.54 Å². The average molecular weight is 373 g/mol. The van der Waals surface area contributed by atoms with Gasteiger partial charge < -0.3 is 0 Å². The number of aromatic nitrogens is 2. The SMILES string of the molecule is O=c1c2ccccc2c(-c2cccs2)nn1CN1CCc2ccccc2C1.